The van der Waals surface area contributed by atoms with Gasteiger partial charge in [0.2, 0.25) is 0 Å². The fourth-order valence-corrected chi connectivity index (χ4v) is 2.76. The van der Waals surface area contributed by atoms with Gasteiger partial charge in [-0.25, -0.2) is 0 Å². The zero-order valence-corrected chi connectivity index (χ0v) is 10.6. The average Bonchev–Trinajstić information content (AvgIpc) is 2.65. The lowest BCUT2D eigenvalue weighted by Crippen LogP contribution is -2.32. The van der Waals surface area contributed by atoms with Gasteiger partial charge in [0, 0.05) is 11.1 Å². The Hall–Kier alpha value is -0.530. The van der Waals surface area contributed by atoms with Crippen LogP contribution in [0.5, 0.6) is 0 Å². The minimum Gasteiger partial charge on any atom is -0.313 e. The van der Waals surface area contributed by atoms with Crippen molar-refractivity contribution < 1.29 is 0 Å². The van der Waals surface area contributed by atoms with Crippen LogP contribution in [0.25, 0.3) is 0 Å². The van der Waals surface area contributed by atoms with Crippen LogP contribution in [0.4, 0.5) is 0 Å². The van der Waals surface area contributed by atoms with E-state index in [0.29, 0.717) is 0 Å². The van der Waals surface area contributed by atoms with Crippen molar-refractivity contribution in [2.75, 3.05) is 6.54 Å². The Labute approximate surface area is 103 Å². The summed E-state index contributed by atoms with van der Waals surface area (Å²) in [6.07, 6.45) is 5.19. The van der Waals surface area contributed by atoms with Crippen molar-refractivity contribution in [2.24, 2.45) is 5.92 Å². The lowest BCUT2D eigenvalue weighted by atomic mass is 10.1. The van der Waals surface area contributed by atoms with Gasteiger partial charge >= 0.3 is 0 Å². The summed E-state index contributed by atoms with van der Waals surface area (Å²) in [5, 5.41) is 4.50. The monoisotopic (exact) mass is 237 g/mol. The van der Waals surface area contributed by atoms with E-state index in [1.165, 1.54) is 24.8 Å². The molecule has 2 unspecified atom stereocenters. The first-order valence-electron chi connectivity index (χ1n) is 6.23. The minimum absolute atomic E-state index is 0.735. The summed E-state index contributed by atoms with van der Waals surface area (Å²) in [6.45, 7) is 3.42. The van der Waals surface area contributed by atoms with Crippen molar-refractivity contribution in [2.45, 2.75) is 38.6 Å². The summed E-state index contributed by atoms with van der Waals surface area (Å²) < 4.78 is 0. The molecular weight excluding hydrogens is 218 g/mol. The first-order valence-corrected chi connectivity index (χ1v) is 6.61. The average molecular weight is 238 g/mol. The molecule has 1 saturated carbocycles. The van der Waals surface area contributed by atoms with Crippen LogP contribution in [-0.2, 0) is 6.42 Å². The summed E-state index contributed by atoms with van der Waals surface area (Å²) >= 11 is 5.95. The van der Waals surface area contributed by atoms with Crippen molar-refractivity contribution in [3.05, 3.63) is 34.9 Å². The van der Waals surface area contributed by atoms with E-state index in [1.54, 1.807) is 0 Å². The molecule has 1 aromatic rings. The first kappa shape index (κ1) is 11.9. The summed E-state index contributed by atoms with van der Waals surface area (Å²) in [5.74, 6) is 0.847. The molecule has 88 valence electrons. The highest BCUT2D eigenvalue weighted by molar-refractivity contribution is 6.30. The number of rotatable bonds is 4. The molecule has 0 bridgehead atoms. The van der Waals surface area contributed by atoms with Gasteiger partial charge < -0.3 is 5.32 Å². The third kappa shape index (κ3) is 3.23. The zero-order chi connectivity index (χ0) is 11.4. The number of halogens is 1. The summed E-state index contributed by atoms with van der Waals surface area (Å²) in [5.41, 5.74) is 1.32. The second-order valence-corrected chi connectivity index (χ2v) is 5.29. The molecule has 0 saturated heterocycles. The molecule has 2 atom stereocenters. The lowest BCUT2D eigenvalue weighted by molar-refractivity contribution is 0.430. The third-order valence-electron chi connectivity index (χ3n) is 3.57. The molecule has 1 aliphatic rings. The number of benzene rings is 1. The normalized spacial score (nSPS) is 24.9. The highest BCUT2D eigenvalue weighted by Crippen LogP contribution is 2.24. The van der Waals surface area contributed by atoms with Crippen molar-refractivity contribution in [3.8, 4) is 0 Å². The molecule has 1 fully saturated rings. The lowest BCUT2D eigenvalue weighted by Gasteiger charge is -2.17. The van der Waals surface area contributed by atoms with Crippen LogP contribution in [0.3, 0.4) is 0 Å². The molecule has 1 N–H and O–H groups in total. The number of hydrogen-bond acceptors (Lipinski definition) is 1. The van der Waals surface area contributed by atoms with Gasteiger partial charge in [-0.05, 0) is 49.4 Å². The Bertz CT molecular complexity index is 337. The Kier molecular flexibility index (Phi) is 4.25. The molecule has 1 nitrogen and oxygen atoms in total. The maximum atomic E-state index is 5.95. The zero-order valence-electron chi connectivity index (χ0n) is 9.88. The second kappa shape index (κ2) is 5.70. The van der Waals surface area contributed by atoms with Crippen molar-refractivity contribution in [1.82, 2.24) is 5.32 Å². The van der Waals surface area contributed by atoms with Gasteiger partial charge in [-0.2, -0.15) is 0 Å². The van der Waals surface area contributed by atoms with E-state index in [0.717, 1.165) is 29.9 Å². The quantitative estimate of drug-likeness (QED) is 0.843. The standard InChI is InChI=1S/C14H20ClN/c1-11-4-2-7-14(11)16-9-8-12-5-3-6-13(15)10-12/h3,5-6,10-11,14,16H,2,4,7-9H2,1H3. The molecule has 1 aromatic carbocycles. The van der Waals surface area contributed by atoms with Crippen LogP contribution >= 0.6 is 11.6 Å². The van der Waals surface area contributed by atoms with Gasteiger partial charge in [0.1, 0.15) is 0 Å². The van der Waals surface area contributed by atoms with Crippen molar-refractivity contribution >= 4 is 11.6 Å². The summed E-state index contributed by atoms with van der Waals surface area (Å²) in [7, 11) is 0. The fourth-order valence-electron chi connectivity index (χ4n) is 2.54. The topological polar surface area (TPSA) is 12.0 Å². The smallest absolute Gasteiger partial charge is 0.0408 e. The molecule has 0 spiro atoms. The van der Waals surface area contributed by atoms with Gasteiger partial charge in [0.25, 0.3) is 0 Å². The molecular formula is C14H20ClN. The molecule has 0 aromatic heterocycles. The molecule has 2 rings (SSSR count). The third-order valence-corrected chi connectivity index (χ3v) is 3.81. The largest absolute Gasteiger partial charge is 0.313 e. The van der Waals surface area contributed by atoms with E-state index in [-0.39, 0.29) is 0 Å². The highest BCUT2D eigenvalue weighted by atomic mass is 35.5. The van der Waals surface area contributed by atoms with Gasteiger partial charge in [-0.1, -0.05) is 37.1 Å². The molecule has 0 amide bonds. The maximum Gasteiger partial charge on any atom is 0.0408 e. The summed E-state index contributed by atoms with van der Waals surface area (Å²) in [4.78, 5) is 0. The molecule has 2 heteroatoms. The van der Waals surface area contributed by atoms with Crippen molar-refractivity contribution in [3.63, 3.8) is 0 Å². The van der Waals surface area contributed by atoms with Crippen LogP contribution in [0.2, 0.25) is 5.02 Å². The first-order chi connectivity index (χ1) is 7.75. The van der Waals surface area contributed by atoms with E-state index in [2.05, 4.69) is 24.4 Å². The van der Waals surface area contributed by atoms with E-state index in [9.17, 15) is 0 Å². The van der Waals surface area contributed by atoms with Crippen LogP contribution in [-0.4, -0.2) is 12.6 Å². The number of nitrogens with one attached hydrogen (secondary N) is 1. The maximum absolute atomic E-state index is 5.95. The van der Waals surface area contributed by atoms with Gasteiger partial charge in [0.15, 0.2) is 0 Å². The Morgan fingerprint density at radius 2 is 2.25 bits per heavy atom. The minimum atomic E-state index is 0.735. The Morgan fingerprint density at radius 3 is 2.94 bits per heavy atom. The fraction of sp³-hybridized carbons (Fsp3) is 0.571. The molecule has 1 aliphatic carbocycles. The van der Waals surface area contributed by atoms with Gasteiger partial charge in [-0.3, -0.25) is 0 Å². The Morgan fingerprint density at radius 1 is 1.38 bits per heavy atom. The molecule has 0 heterocycles. The molecule has 0 radical (unpaired) electrons. The summed E-state index contributed by atoms with van der Waals surface area (Å²) in [6, 6.07) is 8.89. The van der Waals surface area contributed by atoms with Crippen LogP contribution in [0, 0.1) is 5.92 Å². The SMILES string of the molecule is CC1CCCC1NCCc1cccc(Cl)c1. The highest BCUT2D eigenvalue weighted by Gasteiger charge is 2.21. The van der Waals surface area contributed by atoms with Crippen LogP contribution in [0.15, 0.2) is 24.3 Å². The van der Waals surface area contributed by atoms with Gasteiger partial charge in [-0.15, -0.1) is 0 Å². The molecule has 16 heavy (non-hydrogen) atoms. The van der Waals surface area contributed by atoms with E-state index < -0.39 is 0 Å². The van der Waals surface area contributed by atoms with Crippen LogP contribution in [0.1, 0.15) is 31.7 Å². The van der Waals surface area contributed by atoms with E-state index in [1.807, 2.05) is 12.1 Å². The molecule has 0 aliphatic heterocycles. The Balaban J connectivity index is 1.75. The predicted octanol–water partition coefficient (Wildman–Crippen LogP) is 3.66. The van der Waals surface area contributed by atoms with Crippen LogP contribution < -0.4 is 5.32 Å². The number of hydrogen-bond donors (Lipinski definition) is 1. The van der Waals surface area contributed by atoms with E-state index >= 15 is 0 Å². The second-order valence-electron chi connectivity index (χ2n) is 4.85. The predicted molar refractivity (Wildman–Crippen MR) is 70.0 cm³/mol. The van der Waals surface area contributed by atoms with Gasteiger partial charge in [0.05, 0.1) is 0 Å². The van der Waals surface area contributed by atoms with Crippen molar-refractivity contribution in [1.29, 1.82) is 0 Å². The van der Waals surface area contributed by atoms with E-state index in [4.69, 9.17) is 11.6 Å².